The molecule has 5 heterocycles. The van der Waals surface area contributed by atoms with E-state index in [-0.39, 0.29) is 36.2 Å². The number of nitrogens with two attached hydrogens (primary N) is 1. The van der Waals surface area contributed by atoms with Crippen LogP contribution in [0.1, 0.15) is 19.4 Å². The number of urea groups is 1. The molecule has 2 aromatic heterocycles. The average molecular weight is 480 g/mol. The van der Waals surface area contributed by atoms with Gasteiger partial charge < -0.3 is 19.9 Å². The quantitative estimate of drug-likeness (QED) is 0.440. The number of carbonyl (C=O) groups is 3. The van der Waals surface area contributed by atoms with Gasteiger partial charge >= 0.3 is 6.03 Å². The van der Waals surface area contributed by atoms with E-state index < -0.39 is 41.2 Å². The van der Waals surface area contributed by atoms with Gasteiger partial charge in [0, 0.05) is 24.7 Å². The van der Waals surface area contributed by atoms with Gasteiger partial charge in [-0.2, -0.15) is 0 Å². The number of pyridine rings is 1. The van der Waals surface area contributed by atoms with Crippen molar-refractivity contribution in [2.75, 3.05) is 17.2 Å². The van der Waals surface area contributed by atoms with Crippen LogP contribution in [0.4, 0.5) is 20.7 Å². The number of ether oxygens (including phenoxy) is 1. The standard InChI is InChI=1S/C23H21FN6O5/c1-9-8-30-17-12(7-23(19(30)10(2)34-9)20(31)27-22(33)28-21(23)32)5-13-16(29-35-18(13)15(17)24)11-3-4-26-14(25)6-11/h3-6,9-10,19H,7-8H2,1-2H3,(H2,25,26)(H2,27,28,31,32,33)/t9-,10+,19-/m1/s1. The van der Waals surface area contributed by atoms with Crippen molar-refractivity contribution >= 4 is 40.3 Å². The highest BCUT2D eigenvalue weighted by atomic mass is 19.1. The Morgan fingerprint density at radius 3 is 2.66 bits per heavy atom. The second-order valence-corrected chi connectivity index (χ2v) is 9.21. The second kappa shape index (κ2) is 7.22. The highest BCUT2D eigenvalue weighted by molar-refractivity contribution is 6.20. The molecular formula is C23H21FN6O5. The predicted octanol–water partition coefficient (Wildman–Crippen LogP) is 1.50. The minimum atomic E-state index is -1.71. The minimum absolute atomic E-state index is 0.0524. The zero-order valence-corrected chi connectivity index (χ0v) is 18.8. The van der Waals surface area contributed by atoms with Crippen LogP contribution < -0.4 is 21.3 Å². The van der Waals surface area contributed by atoms with Gasteiger partial charge in [0.1, 0.15) is 11.5 Å². The summed E-state index contributed by atoms with van der Waals surface area (Å²) in [6.07, 6.45) is 0.438. The molecule has 4 amide bonds. The van der Waals surface area contributed by atoms with Crippen LogP contribution in [-0.4, -0.2) is 52.8 Å². The third-order valence-corrected chi connectivity index (χ3v) is 7.02. The number of morpholine rings is 1. The summed E-state index contributed by atoms with van der Waals surface area (Å²) in [5.74, 6) is -1.88. The lowest BCUT2D eigenvalue weighted by Gasteiger charge is -2.55. The summed E-state index contributed by atoms with van der Waals surface area (Å²) in [6, 6.07) is 3.19. The van der Waals surface area contributed by atoms with Crippen LogP contribution in [0.15, 0.2) is 28.9 Å². The highest BCUT2D eigenvalue weighted by Crippen LogP contribution is 2.49. The molecule has 11 nitrogen and oxygen atoms in total. The lowest BCUT2D eigenvalue weighted by Crippen LogP contribution is -2.75. The number of halogens is 1. The molecule has 0 unspecified atom stereocenters. The number of barbiturate groups is 1. The zero-order valence-electron chi connectivity index (χ0n) is 18.8. The van der Waals surface area contributed by atoms with Gasteiger partial charge in [-0.1, -0.05) is 5.16 Å². The number of rotatable bonds is 1. The highest BCUT2D eigenvalue weighted by Gasteiger charge is 2.63. The first-order valence-electron chi connectivity index (χ1n) is 11.1. The van der Waals surface area contributed by atoms with Crippen LogP contribution in [0.2, 0.25) is 0 Å². The number of hydrogen-bond donors (Lipinski definition) is 3. The molecule has 12 heteroatoms. The van der Waals surface area contributed by atoms with Gasteiger partial charge in [-0.05, 0) is 37.6 Å². The van der Waals surface area contributed by atoms with Crippen molar-refractivity contribution in [1.82, 2.24) is 20.8 Å². The fraction of sp³-hybridized carbons (Fsp3) is 0.348. The van der Waals surface area contributed by atoms with Gasteiger partial charge in [0.2, 0.25) is 17.4 Å². The van der Waals surface area contributed by atoms with Gasteiger partial charge in [-0.3, -0.25) is 20.2 Å². The normalized spacial score (nSPS) is 25.3. The number of imide groups is 2. The third kappa shape index (κ3) is 2.89. The van der Waals surface area contributed by atoms with Gasteiger partial charge in [0.15, 0.2) is 11.2 Å². The van der Waals surface area contributed by atoms with E-state index in [1.807, 2.05) is 6.92 Å². The molecule has 6 rings (SSSR count). The molecule has 2 fully saturated rings. The summed E-state index contributed by atoms with van der Waals surface area (Å²) in [5, 5.41) is 8.87. The Kier molecular flexibility index (Phi) is 4.43. The average Bonchev–Trinajstić information content (AvgIpc) is 3.21. The molecule has 3 aromatic rings. The number of nitrogens with one attached hydrogen (secondary N) is 2. The molecular weight excluding hydrogens is 459 g/mol. The Bertz CT molecular complexity index is 1420. The second-order valence-electron chi connectivity index (χ2n) is 9.21. The Balaban J connectivity index is 1.60. The molecule has 4 N–H and O–H groups in total. The number of anilines is 2. The molecule has 1 spiro atoms. The van der Waals surface area contributed by atoms with E-state index in [4.69, 9.17) is 15.0 Å². The SMILES string of the molecule is C[C@@H]1CN2c3c(cc4c(-c5ccnc(N)c5)noc4c3F)CC3(C(=O)NC(=O)NC3=O)[C@H]2[C@H](C)O1. The number of benzene rings is 1. The summed E-state index contributed by atoms with van der Waals surface area (Å²) in [4.78, 5) is 44.1. The molecule has 35 heavy (non-hydrogen) atoms. The van der Waals surface area contributed by atoms with Crippen molar-refractivity contribution in [1.29, 1.82) is 0 Å². The maximum atomic E-state index is 16.1. The molecule has 3 atom stereocenters. The fourth-order valence-corrected chi connectivity index (χ4v) is 5.75. The number of carbonyl (C=O) groups excluding carboxylic acids is 3. The Labute approximate surface area is 197 Å². The molecule has 0 radical (unpaired) electrons. The van der Waals surface area contributed by atoms with Gasteiger partial charge in [0.05, 0.1) is 29.3 Å². The van der Waals surface area contributed by atoms with Crippen LogP contribution in [0.3, 0.4) is 0 Å². The molecule has 2 saturated heterocycles. The van der Waals surface area contributed by atoms with Crippen LogP contribution >= 0.6 is 0 Å². The van der Waals surface area contributed by atoms with Crippen LogP contribution in [-0.2, 0) is 20.7 Å². The van der Waals surface area contributed by atoms with E-state index >= 15 is 4.39 Å². The van der Waals surface area contributed by atoms with E-state index in [1.165, 1.54) is 6.20 Å². The van der Waals surface area contributed by atoms with E-state index in [9.17, 15) is 14.4 Å². The van der Waals surface area contributed by atoms with Crippen molar-refractivity contribution in [2.24, 2.45) is 5.41 Å². The smallest absolute Gasteiger partial charge is 0.328 e. The first-order valence-corrected chi connectivity index (χ1v) is 11.1. The molecule has 1 aromatic carbocycles. The summed E-state index contributed by atoms with van der Waals surface area (Å²) >= 11 is 0. The van der Waals surface area contributed by atoms with E-state index in [1.54, 1.807) is 30.0 Å². The molecule has 3 aliphatic heterocycles. The van der Waals surface area contributed by atoms with Crippen molar-refractivity contribution in [2.45, 2.75) is 38.5 Å². The summed E-state index contributed by atoms with van der Waals surface area (Å²) in [6.45, 7) is 3.78. The van der Waals surface area contributed by atoms with E-state index in [0.717, 1.165) is 0 Å². The molecule has 0 saturated carbocycles. The van der Waals surface area contributed by atoms with Crippen LogP contribution in [0, 0.1) is 11.2 Å². The maximum Gasteiger partial charge on any atom is 0.328 e. The van der Waals surface area contributed by atoms with Crippen LogP contribution in [0.25, 0.3) is 22.2 Å². The first kappa shape index (κ1) is 21.5. The van der Waals surface area contributed by atoms with Gasteiger partial charge in [-0.25, -0.2) is 14.2 Å². The van der Waals surface area contributed by atoms with E-state index in [2.05, 4.69) is 20.8 Å². The van der Waals surface area contributed by atoms with Crippen molar-refractivity contribution in [3.05, 3.63) is 35.8 Å². The number of nitrogens with zero attached hydrogens (tertiary/aromatic N) is 3. The number of nitrogen functional groups attached to an aromatic ring is 1. The third-order valence-electron chi connectivity index (χ3n) is 7.02. The van der Waals surface area contributed by atoms with Crippen LogP contribution in [0.5, 0.6) is 0 Å². The zero-order chi connectivity index (χ0) is 24.6. The van der Waals surface area contributed by atoms with E-state index in [0.29, 0.717) is 22.2 Å². The summed E-state index contributed by atoms with van der Waals surface area (Å²) in [5.41, 5.74) is 5.61. The lowest BCUT2D eigenvalue weighted by atomic mass is 9.66. The Morgan fingerprint density at radius 2 is 1.94 bits per heavy atom. The maximum absolute atomic E-state index is 16.1. The van der Waals surface area contributed by atoms with Crippen molar-refractivity contribution in [3.8, 4) is 11.3 Å². The molecule has 3 aliphatic rings. The lowest BCUT2D eigenvalue weighted by molar-refractivity contribution is -0.153. The Hall–Kier alpha value is -4.06. The number of amides is 4. The van der Waals surface area contributed by atoms with Crippen molar-refractivity contribution in [3.63, 3.8) is 0 Å². The fourth-order valence-electron chi connectivity index (χ4n) is 5.75. The first-order chi connectivity index (χ1) is 16.7. The minimum Gasteiger partial charge on any atom is -0.384 e. The largest absolute Gasteiger partial charge is 0.384 e. The van der Waals surface area contributed by atoms with Crippen molar-refractivity contribution < 1.29 is 28.0 Å². The topological polar surface area (TPSA) is 153 Å². The van der Waals surface area contributed by atoms with Gasteiger partial charge in [-0.15, -0.1) is 0 Å². The number of aromatic nitrogens is 2. The number of hydrogen-bond acceptors (Lipinski definition) is 9. The molecule has 0 aliphatic carbocycles. The predicted molar refractivity (Wildman–Crippen MR) is 121 cm³/mol. The monoisotopic (exact) mass is 480 g/mol. The summed E-state index contributed by atoms with van der Waals surface area (Å²) in [7, 11) is 0. The number of fused-ring (bicyclic) bond motifs is 5. The Morgan fingerprint density at radius 1 is 1.20 bits per heavy atom. The summed E-state index contributed by atoms with van der Waals surface area (Å²) < 4.78 is 27.5. The molecule has 180 valence electrons. The molecule has 0 bridgehead atoms. The van der Waals surface area contributed by atoms with Gasteiger partial charge in [0.25, 0.3) is 0 Å².